The zero-order valence-corrected chi connectivity index (χ0v) is 13.5. The normalized spacial score (nSPS) is 10.4. The average Bonchev–Trinajstić information content (AvgIpc) is 2.43. The monoisotopic (exact) mass is 294 g/mol. The van der Waals surface area contributed by atoms with Crippen LogP contribution in [0.4, 0.5) is 16.4 Å². The third kappa shape index (κ3) is 5.85. The van der Waals surface area contributed by atoms with Crippen LogP contribution in [-0.4, -0.2) is 54.6 Å². The van der Waals surface area contributed by atoms with Crippen LogP contribution in [0.25, 0.3) is 0 Å². The minimum absolute atomic E-state index is 0.101. The van der Waals surface area contributed by atoms with Crippen molar-refractivity contribution in [1.29, 1.82) is 0 Å². The summed E-state index contributed by atoms with van der Waals surface area (Å²) in [6.07, 6.45) is 0. The molecule has 3 N–H and O–H groups in total. The number of carbonyl (C=O) groups is 1. The van der Waals surface area contributed by atoms with E-state index in [1.165, 1.54) is 4.90 Å². The molecule has 0 aromatic carbocycles. The van der Waals surface area contributed by atoms with E-state index in [-0.39, 0.29) is 11.9 Å². The van der Waals surface area contributed by atoms with E-state index in [0.717, 1.165) is 24.0 Å². The number of hydrogen-bond acceptors (Lipinski definition) is 5. The summed E-state index contributed by atoms with van der Waals surface area (Å²) in [7, 11) is 3.43. The van der Waals surface area contributed by atoms with Crippen LogP contribution in [0.1, 0.15) is 32.5 Å². The van der Waals surface area contributed by atoms with Crippen molar-refractivity contribution in [2.24, 2.45) is 0 Å². The van der Waals surface area contributed by atoms with Crippen molar-refractivity contribution in [3.05, 3.63) is 11.9 Å². The van der Waals surface area contributed by atoms with E-state index in [0.29, 0.717) is 13.1 Å². The second-order valence-electron chi connectivity index (χ2n) is 5.23. The lowest BCUT2D eigenvalue weighted by atomic mass is 10.2. The molecule has 0 unspecified atom stereocenters. The second-order valence-corrected chi connectivity index (χ2v) is 5.23. The summed E-state index contributed by atoms with van der Waals surface area (Å²) in [5.41, 5.74) is 0. The Morgan fingerprint density at radius 2 is 1.81 bits per heavy atom. The molecule has 0 spiro atoms. The molecule has 118 valence electrons. The summed E-state index contributed by atoms with van der Waals surface area (Å²) >= 11 is 0. The molecule has 7 heteroatoms. The van der Waals surface area contributed by atoms with Crippen LogP contribution >= 0.6 is 0 Å². The van der Waals surface area contributed by atoms with Gasteiger partial charge in [0, 0.05) is 45.7 Å². The van der Waals surface area contributed by atoms with Gasteiger partial charge in [-0.3, -0.25) is 0 Å². The second kappa shape index (κ2) is 8.28. The molecule has 7 nitrogen and oxygen atoms in total. The van der Waals surface area contributed by atoms with Crippen LogP contribution < -0.4 is 16.0 Å². The van der Waals surface area contributed by atoms with Gasteiger partial charge in [0.25, 0.3) is 0 Å². The highest BCUT2D eigenvalue weighted by molar-refractivity contribution is 5.73. The Hall–Kier alpha value is -2.05. The summed E-state index contributed by atoms with van der Waals surface area (Å²) < 4.78 is 0. The van der Waals surface area contributed by atoms with Gasteiger partial charge in [0.2, 0.25) is 0 Å². The highest BCUT2D eigenvalue weighted by Crippen LogP contribution is 2.16. The van der Waals surface area contributed by atoms with Crippen molar-refractivity contribution < 1.29 is 4.79 Å². The van der Waals surface area contributed by atoms with Crippen LogP contribution in [0.15, 0.2) is 6.07 Å². The molecule has 0 aliphatic rings. The van der Waals surface area contributed by atoms with E-state index in [2.05, 4.69) is 39.8 Å². The molecule has 0 radical (unpaired) electrons. The fourth-order valence-electron chi connectivity index (χ4n) is 1.60. The number of aromatic nitrogens is 2. The van der Waals surface area contributed by atoms with Crippen LogP contribution in [0.2, 0.25) is 0 Å². The first-order chi connectivity index (χ1) is 9.93. The van der Waals surface area contributed by atoms with Crippen molar-refractivity contribution in [3.8, 4) is 0 Å². The Labute approximate surface area is 126 Å². The first-order valence-corrected chi connectivity index (χ1v) is 7.26. The van der Waals surface area contributed by atoms with Gasteiger partial charge < -0.3 is 20.9 Å². The predicted octanol–water partition coefficient (Wildman–Crippen LogP) is 1.71. The van der Waals surface area contributed by atoms with Gasteiger partial charge in [0.05, 0.1) is 0 Å². The van der Waals surface area contributed by atoms with Gasteiger partial charge in [0.1, 0.15) is 17.5 Å². The van der Waals surface area contributed by atoms with E-state index in [1.807, 2.05) is 13.0 Å². The first kappa shape index (κ1) is 17.0. The van der Waals surface area contributed by atoms with Crippen molar-refractivity contribution in [2.45, 2.75) is 26.7 Å². The van der Waals surface area contributed by atoms with Gasteiger partial charge in [-0.05, 0) is 6.92 Å². The quantitative estimate of drug-likeness (QED) is 0.667. The fraction of sp³-hybridized carbons (Fsp3) is 0.643. The van der Waals surface area contributed by atoms with Crippen LogP contribution in [0, 0.1) is 0 Å². The van der Waals surface area contributed by atoms with Gasteiger partial charge in [0.15, 0.2) is 0 Å². The van der Waals surface area contributed by atoms with E-state index in [9.17, 15) is 4.79 Å². The van der Waals surface area contributed by atoms with Crippen LogP contribution in [0.3, 0.4) is 0 Å². The molecule has 0 bridgehead atoms. The topological polar surface area (TPSA) is 82.2 Å². The largest absolute Gasteiger partial charge is 0.370 e. The number of anilines is 2. The summed E-state index contributed by atoms with van der Waals surface area (Å²) in [5, 5.41) is 9.20. The van der Waals surface area contributed by atoms with Crippen molar-refractivity contribution in [2.75, 3.05) is 44.4 Å². The first-order valence-electron chi connectivity index (χ1n) is 7.26. The predicted molar refractivity (Wildman–Crippen MR) is 85.9 cm³/mol. The summed E-state index contributed by atoms with van der Waals surface area (Å²) in [5.74, 6) is 2.64. The molecular formula is C14H26N6O. The van der Waals surface area contributed by atoms with Gasteiger partial charge in [-0.1, -0.05) is 13.8 Å². The van der Waals surface area contributed by atoms with E-state index in [4.69, 9.17) is 0 Å². The Morgan fingerprint density at radius 1 is 1.19 bits per heavy atom. The van der Waals surface area contributed by atoms with E-state index in [1.54, 1.807) is 14.1 Å². The molecule has 1 aromatic heterocycles. The third-order valence-electron chi connectivity index (χ3n) is 2.73. The van der Waals surface area contributed by atoms with Gasteiger partial charge in [-0.15, -0.1) is 0 Å². The smallest absolute Gasteiger partial charge is 0.316 e. The molecule has 0 aliphatic heterocycles. The molecular weight excluding hydrogens is 268 g/mol. The van der Waals surface area contributed by atoms with Crippen molar-refractivity contribution >= 4 is 17.7 Å². The number of rotatable bonds is 7. The summed E-state index contributed by atoms with van der Waals surface area (Å²) in [6, 6.07) is 1.78. The van der Waals surface area contributed by atoms with Crippen molar-refractivity contribution in [3.63, 3.8) is 0 Å². The number of urea groups is 1. The van der Waals surface area contributed by atoms with Crippen LogP contribution in [-0.2, 0) is 0 Å². The lowest BCUT2D eigenvalue weighted by Gasteiger charge is -2.14. The fourth-order valence-corrected chi connectivity index (χ4v) is 1.60. The molecule has 0 fully saturated rings. The molecule has 0 aliphatic carbocycles. The minimum atomic E-state index is -0.101. The average molecular weight is 294 g/mol. The maximum absolute atomic E-state index is 11.4. The molecule has 1 heterocycles. The SMILES string of the molecule is CCNc1cc(NCCNC(=O)N(C)C)nc(C(C)C)n1. The Kier molecular flexibility index (Phi) is 6.71. The standard InChI is InChI=1S/C14H26N6O/c1-6-15-11-9-12(19-13(18-11)10(2)3)16-7-8-17-14(21)20(4)5/h9-10H,6-8H2,1-5H3,(H,17,21)(H2,15,16,18,19). The van der Waals surface area contributed by atoms with E-state index >= 15 is 0 Å². The number of amides is 2. The van der Waals surface area contributed by atoms with Crippen LogP contribution in [0.5, 0.6) is 0 Å². The molecule has 1 rings (SSSR count). The van der Waals surface area contributed by atoms with Gasteiger partial charge >= 0.3 is 6.03 Å². The summed E-state index contributed by atoms with van der Waals surface area (Å²) in [6.45, 7) is 8.11. The molecule has 0 saturated carbocycles. The number of nitrogens with one attached hydrogen (secondary N) is 3. The zero-order chi connectivity index (χ0) is 15.8. The maximum atomic E-state index is 11.4. The third-order valence-corrected chi connectivity index (χ3v) is 2.73. The Bertz CT molecular complexity index is 461. The van der Waals surface area contributed by atoms with Crippen molar-refractivity contribution in [1.82, 2.24) is 20.2 Å². The highest BCUT2D eigenvalue weighted by atomic mass is 16.2. The lowest BCUT2D eigenvalue weighted by molar-refractivity contribution is 0.218. The maximum Gasteiger partial charge on any atom is 0.316 e. The molecule has 1 aromatic rings. The molecule has 2 amide bonds. The number of carbonyl (C=O) groups excluding carboxylic acids is 1. The minimum Gasteiger partial charge on any atom is -0.370 e. The lowest BCUT2D eigenvalue weighted by Crippen LogP contribution is -2.37. The van der Waals surface area contributed by atoms with Gasteiger partial charge in [-0.25, -0.2) is 14.8 Å². The Balaban J connectivity index is 2.59. The van der Waals surface area contributed by atoms with Gasteiger partial charge in [-0.2, -0.15) is 0 Å². The zero-order valence-electron chi connectivity index (χ0n) is 13.5. The molecule has 0 saturated heterocycles. The number of nitrogens with zero attached hydrogens (tertiary/aromatic N) is 3. The molecule has 21 heavy (non-hydrogen) atoms. The molecule has 0 atom stereocenters. The highest BCUT2D eigenvalue weighted by Gasteiger charge is 2.08. The summed E-state index contributed by atoms with van der Waals surface area (Å²) in [4.78, 5) is 21.8. The Morgan fingerprint density at radius 3 is 2.33 bits per heavy atom. The van der Waals surface area contributed by atoms with E-state index < -0.39 is 0 Å². The number of hydrogen-bond donors (Lipinski definition) is 3.